The molecule has 0 atom stereocenters. The maximum atomic E-state index is 14.2. The molecule has 4 heterocycles. The fraction of sp³-hybridized carbons (Fsp3) is 0.450. The zero-order chi connectivity index (χ0) is 49.5. The van der Waals surface area contributed by atoms with Crippen LogP contribution in [0.1, 0.15) is 66.5 Å². The van der Waals surface area contributed by atoms with Crippen LogP contribution in [0, 0.1) is 23.3 Å². The number of nitrogens with two attached hydrogens (primary N) is 2. The summed E-state index contributed by atoms with van der Waals surface area (Å²) in [5.74, 6) is -7.04. The van der Waals surface area contributed by atoms with Gasteiger partial charge >= 0.3 is 0 Å². The number of benzene rings is 2. The number of ether oxygens (including phenoxy) is 2. The van der Waals surface area contributed by atoms with Crippen molar-refractivity contribution in [1.82, 2.24) is 34.5 Å². The molecule has 7 N–H and O–H groups in total. The molecule has 0 amide bonds. The molecule has 4 aromatic rings. The number of sulfonamides is 1. The van der Waals surface area contributed by atoms with Gasteiger partial charge in [-0.2, -0.15) is 14.3 Å². The van der Waals surface area contributed by atoms with E-state index in [2.05, 4.69) is 72.2 Å². The molecule has 26 heteroatoms. The molecule has 2 saturated heterocycles. The van der Waals surface area contributed by atoms with Crippen molar-refractivity contribution < 1.29 is 53.5 Å². The Morgan fingerprint density at radius 3 is 1.42 bits per heavy atom. The predicted molar refractivity (Wildman–Crippen MR) is 243 cm³/mol. The molecule has 0 spiro atoms. The van der Waals surface area contributed by atoms with Gasteiger partial charge in [0, 0.05) is 49.3 Å². The summed E-state index contributed by atoms with van der Waals surface area (Å²) in [4.78, 5) is 43.5. The Labute approximate surface area is 385 Å². The molecule has 2 aliphatic heterocycles. The molecule has 2 aliphatic rings. The van der Waals surface area contributed by atoms with Gasteiger partial charge in [-0.25, -0.2) is 44.4 Å². The number of ketones is 2. The van der Waals surface area contributed by atoms with E-state index in [1.54, 1.807) is 6.92 Å². The lowest BCUT2D eigenvalue weighted by molar-refractivity contribution is 0.102. The summed E-state index contributed by atoms with van der Waals surface area (Å²) < 4.78 is 109. The van der Waals surface area contributed by atoms with Gasteiger partial charge in [-0.15, -0.1) is 0 Å². The van der Waals surface area contributed by atoms with Crippen molar-refractivity contribution in [3.8, 4) is 11.5 Å². The molecule has 6 rings (SSSR count). The highest BCUT2D eigenvalue weighted by molar-refractivity contribution is 8.13. The SMILES string of the molecule is CCN(CC)CC.CCS(=O)(=O)Cl.CCS(=O)(=O)N1CC(Nc2ncc(C(=O)c3c(OC)ccc(F)c3F)c(N)n2)C1.COc1ccc(F)c(F)c1C(=O)c1cnc(NC2CNC2)nc1N. The van der Waals surface area contributed by atoms with Gasteiger partial charge in [0.2, 0.25) is 42.5 Å². The third-order valence-corrected chi connectivity index (χ3v) is 13.0. The van der Waals surface area contributed by atoms with Crippen LogP contribution in [-0.2, 0) is 19.1 Å². The Balaban J connectivity index is 0.000000279. The minimum absolute atomic E-state index is 0.00849. The number of hydrogen-bond donors (Lipinski definition) is 5. The number of nitrogens with zero attached hydrogens (tertiary/aromatic N) is 6. The van der Waals surface area contributed by atoms with Gasteiger partial charge in [-0.3, -0.25) is 9.59 Å². The van der Waals surface area contributed by atoms with Crippen LogP contribution in [0.25, 0.3) is 0 Å². The first-order chi connectivity index (χ1) is 31.1. The standard InChI is InChI=1S/C17H19F2N5O4S.C15H15F2N5O2.C6H15N.C2H5ClO2S/c1-3-29(26,27)24-7-9(8-24)22-17-21-6-10(16(20)23-17)15(25)13-12(28-2)5-4-11(18)14(13)19;1-24-10-3-2-9(16)12(17)11(10)13(23)8-6-20-15(22-14(8)18)21-7-4-19-5-7;1-4-7(5-2)6-3;1-2-6(3,4)5/h4-6,9H,3,7-8H2,1-2H3,(H3,20,21,22,23);2-3,6-7,19H,4-5H2,1H3,(H3,18,20,21,22);4-6H2,1-3H3;2H2,1H3. The minimum atomic E-state index is -3.25. The lowest BCUT2D eigenvalue weighted by atomic mass is 10.0. The van der Waals surface area contributed by atoms with Gasteiger partial charge < -0.3 is 41.8 Å². The Morgan fingerprint density at radius 2 is 1.14 bits per heavy atom. The normalized spacial score (nSPS) is 13.9. The summed E-state index contributed by atoms with van der Waals surface area (Å²) in [7, 11) is 0.720. The Bertz CT molecular complexity index is 2530. The lowest BCUT2D eigenvalue weighted by Crippen LogP contribution is -2.57. The second-order valence-corrected chi connectivity index (χ2v) is 19.3. The third-order valence-electron chi connectivity index (χ3n) is 9.87. The second-order valence-electron chi connectivity index (χ2n) is 14.0. The smallest absolute Gasteiger partial charge is 0.232 e. The molecule has 0 unspecified atom stereocenters. The Hall–Kier alpha value is -5.47. The fourth-order valence-electron chi connectivity index (χ4n) is 5.74. The van der Waals surface area contributed by atoms with Crippen molar-refractivity contribution in [3.63, 3.8) is 0 Å². The van der Waals surface area contributed by atoms with Crippen molar-refractivity contribution >= 4 is 64.9 Å². The van der Waals surface area contributed by atoms with E-state index in [0.717, 1.165) is 37.5 Å². The van der Waals surface area contributed by atoms with Gasteiger partial charge in [-0.1, -0.05) is 27.7 Å². The molecule has 0 radical (unpaired) electrons. The van der Waals surface area contributed by atoms with E-state index in [1.807, 2.05) is 0 Å². The number of halogens is 5. The van der Waals surface area contributed by atoms with Gasteiger partial charge in [0.15, 0.2) is 23.3 Å². The number of hydrogen-bond acceptors (Lipinski definition) is 18. The van der Waals surface area contributed by atoms with Crippen molar-refractivity contribution in [2.45, 2.75) is 46.7 Å². The van der Waals surface area contributed by atoms with E-state index in [1.165, 1.54) is 57.3 Å². The molecule has 2 aromatic heterocycles. The van der Waals surface area contributed by atoms with E-state index < -0.39 is 65.0 Å². The topological polar surface area (TPSA) is 267 Å². The van der Waals surface area contributed by atoms with Crippen LogP contribution in [0.4, 0.5) is 41.1 Å². The third kappa shape index (κ3) is 14.8. The van der Waals surface area contributed by atoms with E-state index >= 15 is 0 Å². The van der Waals surface area contributed by atoms with Crippen LogP contribution in [-0.4, -0.2) is 141 Å². The maximum Gasteiger partial charge on any atom is 0.232 e. The van der Waals surface area contributed by atoms with Crippen molar-refractivity contribution in [1.29, 1.82) is 0 Å². The highest BCUT2D eigenvalue weighted by atomic mass is 35.7. The summed E-state index contributed by atoms with van der Waals surface area (Å²) in [6, 6.07) is 4.00. The molecule has 19 nitrogen and oxygen atoms in total. The number of aromatic nitrogens is 4. The number of nitrogen functional groups attached to an aromatic ring is 2. The monoisotopic (exact) mass is 991 g/mol. The van der Waals surface area contributed by atoms with Gasteiger partial charge in [0.1, 0.15) is 34.3 Å². The van der Waals surface area contributed by atoms with Gasteiger partial charge in [-0.05, 0) is 50.8 Å². The van der Waals surface area contributed by atoms with E-state index in [9.17, 15) is 44.0 Å². The first-order valence-electron chi connectivity index (χ1n) is 20.3. The lowest BCUT2D eigenvalue weighted by Gasteiger charge is -2.38. The molecular formula is C40H54ClF4N11O8S2. The zero-order valence-corrected chi connectivity index (χ0v) is 39.7. The molecule has 2 aromatic carbocycles. The molecule has 0 saturated carbocycles. The molecule has 0 aliphatic carbocycles. The van der Waals surface area contributed by atoms with Crippen LogP contribution in [0.2, 0.25) is 0 Å². The predicted octanol–water partition coefficient (Wildman–Crippen LogP) is 3.91. The van der Waals surface area contributed by atoms with Crippen molar-refractivity contribution in [3.05, 3.63) is 82.2 Å². The molecule has 66 heavy (non-hydrogen) atoms. The second kappa shape index (κ2) is 24.9. The Morgan fingerprint density at radius 1 is 0.742 bits per heavy atom. The summed E-state index contributed by atoms with van der Waals surface area (Å²) in [6.45, 7) is 15.2. The molecule has 2 fully saturated rings. The van der Waals surface area contributed by atoms with Crippen LogP contribution >= 0.6 is 10.7 Å². The van der Waals surface area contributed by atoms with Crippen LogP contribution < -0.4 is 36.9 Å². The summed E-state index contributed by atoms with van der Waals surface area (Å²) in [5.41, 5.74) is 10.1. The van der Waals surface area contributed by atoms with Crippen LogP contribution in [0.5, 0.6) is 11.5 Å². The molecular weight excluding hydrogens is 938 g/mol. The molecule has 364 valence electrons. The van der Waals surface area contributed by atoms with E-state index in [-0.39, 0.29) is 82.8 Å². The average molecular weight is 993 g/mol. The quantitative estimate of drug-likeness (QED) is 0.0605. The number of carbonyl (C=O) groups excluding carboxylic acids is 2. The van der Waals surface area contributed by atoms with Gasteiger partial charge in [0.05, 0.1) is 48.9 Å². The number of methoxy groups -OCH3 is 2. The van der Waals surface area contributed by atoms with Gasteiger partial charge in [0.25, 0.3) is 0 Å². The first kappa shape index (κ1) is 54.9. The zero-order valence-electron chi connectivity index (χ0n) is 37.3. The average Bonchev–Trinajstić information content (AvgIpc) is 3.25. The highest BCUT2D eigenvalue weighted by Crippen LogP contribution is 2.29. The minimum Gasteiger partial charge on any atom is -0.496 e. The number of rotatable bonds is 16. The van der Waals surface area contributed by atoms with Crippen molar-refractivity contribution in [2.24, 2.45) is 0 Å². The summed E-state index contributed by atoms with van der Waals surface area (Å²) in [5, 5.41) is 9.03. The fourth-order valence-corrected chi connectivity index (χ4v) is 6.92. The number of nitrogens with one attached hydrogen (secondary N) is 3. The maximum absolute atomic E-state index is 14.2. The largest absolute Gasteiger partial charge is 0.496 e. The first-order valence-corrected chi connectivity index (χ1v) is 24.4. The highest BCUT2D eigenvalue weighted by Gasteiger charge is 2.35. The summed E-state index contributed by atoms with van der Waals surface area (Å²) >= 11 is 0. The summed E-state index contributed by atoms with van der Waals surface area (Å²) in [6.07, 6.45) is 2.28. The van der Waals surface area contributed by atoms with E-state index in [0.29, 0.717) is 0 Å². The van der Waals surface area contributed by atoms with Crippen molar-refractivity contribution in [2.75, 3.05) is 93.6 Å². The van der Waals surface area contributed by atoms with Crippen LogP contribution in [0.15, 0.2) is 36.7 Å². The van der Waals surface area contributed by atoms with Crippen LogP contribution in [0.3, 0.4) is 0 Å². The number of anilines is 4. The Kier molecular flexibility index (Phi) is 20.7. The molecule has 0 bridgehead atoms. The van der Waals surface area contributed by atoms with E-state index in [4.69, 9.17) is 20.9 Å². The number of carbonyl (C=O) groups is 2.